The van der Waals surface area contributed by atoms with Crippen molar-refractivity contribution in [3.63, 3.8) is 0 Å². The summed E-state index contributed by atoms with van der Waals surface area (Å²) in [7, 11) is 0. The molecule has 1 unspecified atom stereocenters. The number of rotatable bonds is 3. The highest BCUT2D eigenvalue weighted by molar-refractivity contribution is 9.10. The molecule has 0 amide bonds. The van der Waals surface area contributed by atoms with Crippen LogP contribution in [-0.2, 0) is 4.74 Å². The topological polar surface area (TPSA) is 60.2 Å². The van der Waals surface area contributed by atoms with Gasteiger partial charge in [-0.05, 0) is 28.8 Å². The lowest BCUT2D eigenvalue weighted by Gasteiger charge is -2.14. The fourth-order valence-electron chi connectivity index (χ4n) is 1.66. The van der Waals surface area contributed by atoms with Crippen LogP contribution >= 0.6 is 15.9 Å². The Morgan fingerprint density at radius 1 is 1.60 bits per heavy atom. The average molecular weight is 272 g/mol. The Morgan fingerprint density at radius 3 is 3.13 bits per heavy atom. The molecular formula is C10H14BrN3O. The summed E-state index contributed by atoms with van der Waals surface area (Å²) in [6.45, 7) is 1.67. The van der Waals surface area contributed by atoms with E-state index >= 15 is 0 Å². The van der Waals surface area contributed by atoms with E-state index in [9.17, 15) is 0 Å². The van der Waals surface area contributed by atoms with Crippen LogP contribution < -0.4 is 11.1 Å². The van der Waals surface area contributed by atoms with E-state index in [-0.39, 0.29) is 0 Å². The van der Waals surface area contributed by atoms with Crippen LogP contribution in [0.5, 0.6) is 0 Å². The van der Waals surface area contributed by atoms with Crippen molar-refractivity contribution in [1.29, 1.82) is 0 Å². The summed E-state index contributed by atoms with van der Waals surface area (Å²) < 4.78 is 6.41. The summed E-state index contributed by atoms with van der Waals surface area (Å²) in [6.07, 6.45) is 5.95. The molecule has 0 aromatic carbocycles. The van der Waals surface area contributed by atoms with E-state index in [1.165, 1.54) is 0 Å². The number of nitrogen functional groups attached to an aromatic ring is 1. The maximum absolute atomic E-state index is 5.81. The minimum atomic E-state index is 0.310. The lowest BCUT2D eigenvalue weighted by Crippen LogP contribution is -2.19. The van der Waals surface area contributed by atoms with Gasteiger partial charge in [-0.3, -0.25) is 4.98 Å². The summed E-state index contributed by atoms with van der Waals surface area (Å²) in [5.74, 6) is 0. The number of anilines is 2. The average Bonchev–Trinajstić information content (AvgIpc) is 2.70. The zero-order chi connectivity index (χ0) is 10.7. The molecule has 1 atom stereocenters. The van der Waals surface area contributed by atoms with Crippen LogP contribution in [0.25, 0.3) is 0 Å². The molecule has 3 N–H and O–H groups in total. The van der Waals surface area contributed by atoms with Crippen molar-refractivity contribution >= 4 is 27.3 Å². The van der Waals surface area contributed by atoms with Crippen molar-refractivity contribution in [2.45, 2.75) is 18.9 Å². The molecule has 5 heteroatoms. The Bertz CT molecular complexity index is 319. The maximum atomic E-state index is 5.81. The molecule has 15 heavy (non-hydrogen) atoms. The molecule has 2 rings (SSSR count). The highest BCUT2D eigenvalue weighted by Gasteiger charge is 2.15. The van der Waals surface area contributed by atoms with E-state index in [0.717, 1.165) is 36.2 Å². The van der Waals surface area contributed by atoms with Crippen molar-refractivity contribution in [3.8, 4) is 0 Å². The van der Waals surface area contributed by atoms with Gasteiger partial charge in [0.25, 0.3) is 0 Å². The normalized spacial score (nSPS) is 20.5. The number of halogens is 1. The fraction of sp³-hybridized carbons (Fsp3) is 0.500. The second-order valence-electron chi connectivity index (χ2n) is 3.60. The van der Waals surface area contributed by atoms with Crippen molar-refractivity contribution in [2.24, 2.45) is 0 Å². The Kier molecular flexibility index (Phi) is 3.43. The van der Waals surface area contributed by atoms with Crippen LogP contribution in [0.2, 0.25) is 0 Å². The van der Waals surface area contributed by atoms with E-state index in [2.05, 4.69) is 26.2 Å². The van der Waals surface area contributed by atoms with E-state index in [0.29, 0.717) is 11.8 Å². The predicted octanol–water partition coefficient (Wildman–Crippen LogP) is 2.02. The van der Waals surface area contributed by atoms with Crippen molar-refractivity contribution < 1.29 is 4.74 Å². The number of ether oxygens (including phenoxy) is 1. The van der Waals surface area contributed by atoms with Crippen LogP contribution in [0.15, 0.2) is 16.9 Å². The third kappa shape index (κ3) is 2.60. The van der Waals surface area contributed by atoms with Gasteiger partial charge < -0.3 is 15.8 Å². The lowest BCUT2D eigenvalue weighted by atomic mass is 10.2. The van der Waals surface area contributed by atoms with Gasteiger partial charge in [-0.25, -0.2) is 0 Å². The monoisotopic (exact) mass is 271 g/mol. The van der Waals surface area contributed by atoms with Crippen molar-refractivity contribution in [3.05, 3.63) is 16.9 Å². The van der Waals surface area contributed by atoms with Gasteiger partial charge in [-0.15, -0.1) is 0 Å². The first kappa shape index (κ1) is 10.7. The predicted molar refractivity (Wildman–Crippen MR) is 63.8 cm³/mol. The number of nitrogens with one attached hydrogen (secondary N) is 1. The van der Waals surface area contributed by atoms with E-state index in [4.69, 9.17) is 10.5 Å². The third-order valence-electron chi connectivity index (χ3n) is 2.46. The van der Waals surface area contributed by atoms with Gasteiger partial charge in [-0.1, -0.05) is 0 Å². The first-order valence-electron chi connectivity index (χ1n) is 5.02. The van der Waals surface area contributed by atoms with Gasteiger partial charge in [0.2, 0.25) is 0 Å². The number of nitrogens with zero attached hydrogens (tertiary/aromatic N) is 1. The molecule has 0 radical (unpaired) electrons. The van der Waals surface area contributed by atoms with Gasteiger partial charge in [0.15, 0.2) is 0 Å². The van der Waals surface area contributed by atoms with Crippen LogP contribution in [0, 0.1) is 0 Å². The standard InChI is InChI=1S/C10H14BrN3O/c11-8-5-13-6-9(12)10(8)14-4-7-2-1-3-15-7/h5-7H,1-4,12H2,(H,13,14). The number of pyridine rings is 1. The number of nitrogens with two attached hydrogens (primary N) is 1. The fourth-order valence-corrected chi connectivity index (χ4v) is 2.15. The molecule has 1 aromatic heterocycles. The Labute approximate surface area is 97.3 Å². The first-order valence-corrected chi connectivity index (χ1v) is 5.81. The van der Waals surface area contributed by atoms with Gasteiger partial charge in [0.05, 0.1) is 28.1 Å². The molecule has 0 spiro atoms. The van der Waals surface area contributed by atoms with Crippen LogP contribution in [0.3, 0.4) is 0 Å². The van der Waals surface area contributed by atoms with Crippen molar-refractivity contribution in [1.82, 2.24) is 4.98 Å². The summed E-state index contributed by atoms with van der Waals surface area (Å²) in [5.41, 5.74) is 7.37. The molecule has 1 aliphatic heterocycles. The van der Waals surface area contributed by atoms with Gasteiger partial charge >= 0.3 is 0 Å². The molecule has 4 nitrogen and oxygen atoms in total. The molecule has 1 aliphatic rings. The quantitative estimate of drug-likeness (QED) is 0.883. The summed E-state index contributed by atoms with van der Waals surface area (Å²) in [4.78, 5) is 3.98. The molecule has 82 valence electrons. The summed E-state index contributed by atoms with van der Waals surface area (Å²) in [6, 6.07) is 0. The van der Waals surface area contributed by atoms with E-state index in [1.807, 2.05) is 0 Å². The molecule has 0 aliphatic carbocycles. The molecule has 0 saturated carbocycles. The molecule has 0 bridgehead atoms. The minimum Gasteiger partial charge on any atom is -0.396 e. The van der Waals surface area contributed by atoms with Crippen LogP contribution in [-0.4, -0.2) is 24.2 Å². The second kappa shape index (κ2) is 4.81. The Hall–Kier alpha value is -0.810. The van der Waals surface area contributed by atoms with Gasteiger partial charge in [0.1, 0.15) is 0 Å². The Balaban J connectivity index is 1.97. The minimum absolute atomic E-state index is 0.310. The summed E-state index contributed by atoms with van der Waals surface area (Å²) in [5, 5.41) is 3.29. The largest absolute Gasteiger partial charge is 0.396 e. The molecule has 2 heterocycles. The van der Waals surface area contributed by atoms with Crippen LogP contribution in [0.1, 0.15) is 12.8 Å². The second-order valence-corrected chi connectivity index (χ2v) is 4.46. The van der Waals surface area contributed by atoms with Gasteiger partial charge in [0, 0.05) is 19.3 Å². The molecule has 1 saturated heterocycles. The number of aromatic nitrogens is 1. The highest BCUT2D eigenvalue weighted by Crippen LogP contribution is 2.27. The van der Waals surface area contributed by atoms with Crippen molar-refractivity contribution in [2.75, 3.05) is 24.2 Å². The van der Waals surface area contributed by atoms with E-state index < -0.39 is 0 Å². The zero-order valence-corrected chi connectivity index (χ0v) is 9.96. The molecule has 1 fully saturated rings. The number of hydrogen-bond acceptors (Lipinski definition) is 4. The van der Waals surface area contributed by atoms with E-state index in [1.54, 1.807) is 12.4 Å². The van der Waals surface area contributed by atoms with Crippen LogP contribution in [0.4, 0.5) is 11.4 Å². The molecule has 1 aromatic rings. The Morgan fingerprint density at radius 2 is 2.47 bits per heavy atom. The SMILES string of the molecule is Nc1cncc(Br)c1NCC1CCCO1. The third-order valence-corrected chi connectivity index (χ3v) is 3.06. The first-order chi connectivity index (χ1) is 7.27. The lowest BCUT2D eigenvalue weighted by molar-refractivity contribution is 0.120. The maximum Gasteiger partial charge on any atom is 0.0750 e. The van der Waals surface area contributed by atoms with Gasteiger partial charge in [-0.2, -0.15) is 0 Å². The number of hydrogen-bond donors (Lipinski definition) is 2. The molecular weight excluding hydrogens is 258 g/mol. The zero-order valence-electron chi connectivity index (χ0n) is 8.37. The highest BCUT2D eigenvalue weighted by atomic mass is 79.9. The summed E-state index contributed by atoms with van der Waals surface area (Å²) >= 11 is 3.41. The smallest absolute Gasteiger partial charge is 0.0750 e.